The minimum atomic E-state index is -0.539. The molecule has 0 fully saturated rings. The molecule has 106 valence electrons. The summed E-state index contributed by atoms with van der Waals surface area (Å²) in [5.41, 5.74) is 0.634. The maximum atomic E-state index is 10.9. The van der Waals surface area contributed by atoms with E-state index in [0.717, 1.165) is 0 Å². The molecule has 0 amide bonds. The Bertz CT molecular complexity index is 638. The highest BCUT2D eigenvalue weighted by atomic mass is 16.6. The molecule has 0 aliphatic carbocycles. The Morgan fingerprint density at radius 2 is 2.00 bits per heavy atom. The normalized spacial score (nSPS) is 10.2. The minimum Gasteiger partial charge on any atom is -0.493 e. The quantitative estimate of drug-likeness (QED) is 0.665. The predicted molar refractivity (Wildman–Crippen MR) is 72.7 cm³/mol. The Labute approximate surface area is 115 Å². The van der Waals surface area contributed by atoms with Crippen LogP contribution < -0.4 is 14.8 Å². The Kier molecular flexibility index (Phi) is 3.74. The molecular formula is C12H14N4O4. The van der Waals surface area contributed by atoms with E-state index >= 15 is 0 Å². The fourth-order valence-electron chi connectivity index (χ4n) is 1.75. The lowest BCUT2D eigenvalue weighted by atomic mass is 10.2. The molecule has 0 aliphatic heterocycles. The van der Waals surface area contributed by atoms with Gasteiger partial charge in [0.25, 0.3) is 0 Å². The SMILES string of the molecule is COc1ccc(Nc2c([N+](=O)[O-])ncn2C)cc1OC. The van der Waals surface area contributed by atoms with Gasteiger partial charge in [-0.05, 0) is 22.0 Å². The summed E-state index contributed by atoms with van der Waals surface area (Å²) < 4.78 is 11.9. The number of rotatable bonds is 5. The van der Waals surface area contributed by atoms with E-state index in [1.165, 1.54) is 25.1 Å². The summed E-state index contributed by atoms with van der Waals surface area (Å²) in [4.78, 5) is 14.1. The number of hydrogen-bond acceptors (Lipinski definition) is 6. The summed E-state index contributed by atoms with van der Waals surface area (Å²) in [5, 5.41) is 13.8. The van der Waals surface area contributed by atoms with Crippen LogP contribution in [0.4, 0.5) is 17.3 Å². The fourth-order valence-corrected chi connectivity index (χ4v) is 1.75. The zero-order chi connectivity index (χ0) is 14.7. The van der Waals surface area contributed by atoms with Crippen LogP contribution in [-0.4, -0.2) is 28.7 Å². The van der Waals surface area contributed by atoms with Crippen molar-refractivity contribution in [3.63, 3.8) is 0 Å². The second-order valence-corrected chi connectivity index (χ2v) is 3.98. The lowest BCUT2D eigenvalue weighted by Crippen LogP contribution is -2.01. The number of imidazole rings is 1. The van der Waals surface area contributed by atoms with Gasteiger partial charge in [-0.2, -0.15) is 0 Å². The van der Waals surface area contributed by atoms with Crippen LogP contribution in [0.5, 0.6) is 11.5 Å². The van der Waals surface area contributed by atoms with E-state index in [1.54, 1.807) is 25.2 Å². The molecule has 1 heterocycles. The number of ether oxygens (including phenoxy) is 2. The molecule has 20 heavy (non-hydrogen) atoms. The van der Waals surface area contributed by atoms with Crippen molar-refractivity contribution in [2.45, 2.75) is 0 Å². The summed E-state index contributed by atoms with van der Waals surface area (Å²) in [5.74, 6) is 1.17. The molecule has 1 aromatic heterocycles. The number of benzene rings is 1. The standard InChI is InChI=1S/C12H14N4O4/c1-15-7-13-11(16(17)18)12(15)14-8-4-5-9(19-2)10(6-8)20-3/h4-7,14H,1-3H3. The molecule has 0 bridgehead atoms. The Morgan fingerprint density at radius 3 is 2.60 bits per heavy atom. The van der Waals surface area contributed by atoms with Gasteiger partial charge in [0.05, 0.1) is 14.2 Å². The lowest BCUT2D eigenvalue weighted by Gasteiger charge is -2.11. The summed E-state index contributed by atoms with van der Waals surface area (Å²) in [7, 11) is 4.73. The van der Waals surface area contributed by atoms with Gasteiger partial charge in [-0.25, -0.2) is 0 Å². The van der Waals surface area contributed by atoms with E-state index in [1.807, 2.05) is 0 Å². The summed E-state index contributed by atoms with van der Waals surface area (Å²) in [6.07, 6.45) is 1.38. The molecule has 0 saturated heterocycles. The van der Waals surface area contributed by atoms with Gasteiger partial charge in [0, 0.05) is 18.8 Å². The van der Waals surface area contributed by atoms with Crippen LogP contribution in [0.15, 0.2) is 24.5 Å². The molecule has 0 aliphatic rings. The van der Waals surface area contributed by atoms with Gasteiger partial charge in [-0.15, -0.1) is 0 Å². The third-order valence-electron chi connectivity index (χ3n) is 2.74. The molecule has 0 unspecified atom stereocenters. The van der Waals surface area contributed by atoms with Gasteiger partial charge in [0.15, 0.2) is 11.5 Å². The van der Waals surface area contributed by atoms with Crippen molar-refractivity contribution in [1.29, 1.82) is 0 Å². The molecule has 0 radical (unpaired) electrons. The van der Waals surface area contributed by atoms with Crippen molar-refractivity contribution < 1.29 is 14.4 Å². The average molecular weight is 278 g/mol. The van der Waals surface area contributed by atoms with Crippen molar-refractivity contribution >= 4 is 17.3 Å². The van der Waals surface area contributed by atoms with E-state index in [0.29, 0.717) is 23.0 Å². The molecule has 1 aromatic carbocycles. The Morgan fingerprint density at radius 1 is 1.30 bits per heavy atom. The molecule has 8 heteroatoms. The summed E-state index contributed by atoms with van der Waals surface area (Å²) in [6.45, 7) is 0. The zero-order valence-electron chi connectivity index (χ0n) is 11.3. The van der Waals surface area contributed by atoms with Gasteiger partial charge in [0.1, 0.15) is 0 Å². The van der Waals surface area contributed by atoms with E-state index < -0.39 is 4.92 Å². The first kappa shape index (κ1) is 13.7. The zero-order valence-corrected chi connectivity index (χ0v) is 11.3. The van der Waals surface area contributed by atoms with Gasteiger partial charge in [0.2, 0.25) is 12.1 Å². The molecule has 2 rings (SSSR count). The molecule has 0 saturated carbocycles. The van der Waals surface area contributed by atoms with Crippen LogP contribution >= 0.6 is 0 Å². The van der Waals surface area contributed by atoms with Crippen molar-refractivity contribution in [2.24, 2.45) is 7.05 Å². The van der Waals surface area contributed by atoms with E-state index in [-0.39, 0.29) is 5.82 Å². The number of hydrogen-bond donors (Lipinski definition) is 1. The van der Waals surface area contributed by atoms with Crippen LogP contribution in [0.3, 0.4) is 0 Å². The van der Waals surface area contributed by atoms with Crippen LogP contribution in [0, 0.1) is 10.1 Å². The highest BCUT2D eigenvalue weighted by molar-refractivity contribution is 5.66. The number of nitrogens with one attached hydrogen (secondary N) is 1. The first-order valence-electron chi connectivity index (χ1n) is 5.71. The van der Waals surface area contributed by atoms with Gasteiger partial charge >= 0.3 is 5.82 Å². The number of aromatic nitrogens is 2. The number of anilines is 2. The van der Waals surface area contributed by atoms with Crippen LogP contribution in [-0.2, 0) is 7.05 Å². The smallest absolute Gasteiger partial charge is 0.406 e. The third-order valence-corrected chi connectivity index (χ3v) is 2.74. The van der Waals surface area contributed by atoms with Crippen molar-refractivity contribution in [3.8, 4) is 11.5 Å². The van der Waals surface area contributed by atoms with Gasteiger partial charge in [-0.1, -0.05) is 0 Å². The van der Waals surface area contributed by atoms with Crippen LogP contribution in [0.2, 0.25) is 0 Å². The second kappa shape index (κ2) is 5.47. The monoisotopic (exact) mass is 278 g/mol. The Balaban J connectivity index is 2.35. The summed E-state index contributed by atoms with van der Waals surface area (Å²) >= 11 is 0. The van der Waals surface area contributed by atoms with Crippen molar-refractivity contribution in [1.82, 2.24) is 9.55 Å². The van der Waals surface area contributed by atoms with E-state index in [2.05, 4.69) is 10.3 Å². The first-order valence-corrected chi connectivity index (χ1v) is 5.71. The topological polar surface area (TPSA) is 91.5 Å². The van der Waals surface area contributed by atoms with Crippen molar-refractivity contribution in [2.75, 3.05) is 19.5 Å². The first-order chi connectivity index (χ1) is 9.56. The molecule has 8 nitrogen and oxygen atoms in total. The highest BCUT2D eigenvalue weighted by Crippen LogP contribution is 2.32. The fraction of sp³-hybridized carbons (Fsp3) is 0.250. The maximum Gasteiger partial charge on any atom is 0.406 e. The van der Waals surface area contributed by atoms with Crippen LogP contribution in [0.25, 0.3) is 0 Å². The van der Waals surface area contributed by atoms with Crippen molar-refractivity contribution in [3.05, 3.63) is 34.6 Å². The number of nitro groups is 1. The molecule has 2 aromatic rings. The Hall–Kier alpha value is -2.77. The van der Waals surface area contributed by atoms with Gasteiger partial charge < -0.3 is 24.9 Å². The van der Waals surface area contributed by atoms with E-state index in [9.17, 15) is 10.1 Å². The second-order valence-electron chi connectivity index (χ2n) is 3.98. The molecular weight excluding hydrogens is 264 g/mol. The number of aryl methyl sites for hydroxylation is 1. The summed E-state index contributed by atoms with van der Waals surface area (Å²) in [6, 6.07) is 5.14. The highest BCUT2D eigenvalue weighted by Gasteiger charge is 2.20. The van der Waals surface area contributed by atoms with Gasteiger partial charge in [-0.3, -0.25) is 4.57 Å². The maximum absolute atomic E-state index is 10.9. The third kappa shape index (κ3) is 2.48. The number of nitrogens with zero attached hydrogens (tertiary/aromatic N) is 3. The van der Waals surface area contributed by atoms with E-state index in [4.69, 9.17) is 9.47 Å². The number of methoxy groups -OCH3 is 2. The molecule has 0 spiro atoms. The van der Waals surface area contributed by atoms with Crippen LogP contribution in [0.1, 0.15) is 0 Å². The average Bonchev–Trinajstić information content (AvgIpc) is 2.80. The molecule has 1 N–H and O–H groups in total. The minimum absolute atomic E-state index is 0.234. The predicted octanol–water partition coefficient (Wildman–Crippen LogP) is 2.09. The molecule has 0 atom stereocenters. The lowest BCUT2D eigenvalue weighted by molar-refractivity contribution is -0.388. The largest absolute Gasteiger partial charge is 0.493 e.